The van der Waals surface area contributed by atoms with Crippen molar-refractivity contribution in [2.75, 3.05) is 5.32 Å². The van der Waals surface area contributed by atoms with Crippen LogP contribution in [0.4, 0.5) is 5.69 Å². The molecule has 3 aromatic heterocycles. The van der Waals surface area contributed by atoms with Gasteiger partial charge in [-0.15, -0.1) is 0 Å². The summed E-state index contributed by atoms with van der Waals surface area (Å²) in [5.41, 5.74) is 3.74. The molecule has 0 unspecified atom stereocenters. The van der Waals surface area contributed by atoms with Gasteiger partial charge in [0, 0.05) is 36.0 Å². The summed E-state index contributed by atoms with van der Waals surface area (Å²) in [5.74, 6) is -0.175. The lowest BCUT2D eigenvalue weighted by molar-refractivity contribution is 0.102. The van der Waals surface area contributed by atoms with Crippen LogP contribution in [0.25, 0.3) is 11.3 Å². The molecule has 3 aromatic rings. The molecule has 0 aromatic carbocycles. The summed E-state index contributed by atoms with van der Waals surface area (Å²) >= 11 is 0. The number of hydrogen-bond acceptors (Lipinski definition) is 3. The van der Waals surface area contributed by atoms with E-state index < -0.39 is 0 Å². The third-order valence-electron chi connectivity index (χ3n) is 3.10. The van der Waals surface area contributed by atoms with Gasteiger partial charge in [0.2, 0.25) is 0 Å². The van der Waals surface area contributed by atoms with Crippen LogP contribution >= 0.6 is 0 Å². The maximum Gasteiger partial charge on any atom is 0.257 e. The molecule has 2 N–H and O–H groups in total. The first-order chi connectivity index (χ1) is 10.2. The maximum absolute atomic E-state index is 12.1. The molecule has 0 saturated heterocycles. The Morgan fingerprint density at radius 1 is 1.19 bits per heavy atom. The van der Waals surface area contributed by atoms with Crippen molar-refractivity contribution < 1.29 is 4.79 Å². The summed E-state index contributed by atoms with van der Waals surface area (Å²) in [4.78, 5) is 23.6. The van der Waals surface area contributed by atoms with Gasteiger partial charge in [0.1, 0.15) is 0 Å². The van der Waals surface area contributed by atoms with E-state index in [2.05, 4.69) is 20.3 Å². The fraction of sp³-hybridized carbons (Fsp3) is 0.0625. The largest absolute Gasteiger partial charge is 0.367 e. The number of nitrogens with one attached hydrogen (secondary N) is 2. The number of carbonyl (C=O) groups is 1. The Balaban J connectivity index is 1.93. The molecule has 21 heavy (non-hydrogen) atoms. The minimum atomic E-state index is -0.175. The lowest BCUT2D eigenvalue weighted by Crippen LogP contribution is -2.12. The van der Waals surface area contributed by atoms with Gasteiger partial charge in [-0.05, 0) is 37.3 Å². The predicted molar refractivity (Wildman–Crippen MR) is 81.0 cm³/mol. The molecule has 3 heterocycles. The molecule has 0 atom stereocenters. The molecule has 0 radical (unpaired) electrons. The van der Waals surface area contributed by atoms with Gasteiger partial charge >= 0.3 is 0 Å². The molecule has 1 amide bonds. The quantitative estimate of drug-likeness (QED) is 0.773. The van der Waals surface area contributed by atoms with Crippen molar-refractivity contribution >= 4 is 11.6 Å². The van der Waals surface area contributed by atoms with Crippen molar-refractivity contribution in [1.29, 1.82) is 0 Å². The number of amides is 1. The lowest BCUT2D eigenvalue weighted by Gasteiger charge is -2.09. The lowest BCUT2D eigenvalue weighted by atomic mass is 10.1. The van der Waals surface area contributed by atoms with E-state index in [1.54, 1.807) is 36.9 Å². The third-order valence-corrected chi connectivity index (χ3v) is 3.10. The van der Waals surface area contributed by atoms with Crippen LogP contribution < -0.4 is 5.32 Å². The second kappa shape index (κ2) is 5.58. The Kier molecular flexibility index (Phi) is 3.47. The van der Waals surface area contributed by atoms with Gasteiger partial charge in [0.15, 0.2) is 0 Å². The number of H-pyrrole nitrogens is 1. The SMILES string of the molecule is Cc1ccc(-c2ncccc2NC(=O)c2cc[nH]c2)cn1. The normalized spacial score (nSPS) is 10.3. The summed E-state index contributed by atoms with van der Waals surface area (Å²) in [6.07, 6.45) is 6.81. The average molecular weight is 278 g/mol. The number of aromatic amines is 1. The van der Waals surface area contributed by atoms with Crippen LogP contribution in [0.1, 0.15) is 16.1 Å². The first kappa shape index (κ1) is 13.1. The van der Waals surface area contributed by atoms with E-state index in [9.17, 15) is 4.79 Å². The number of hydrogen-bond donors (Lipinski definition) is 2. The molecular weight excluding hydrogens is 264 g/mol. The number of rotatable bonds is 3. The molecule has 0 saturated carbocycles. The van der Waals surface area contributed by atoms with E-state index >= 15 is 0 Å². The Bertz CT molecular complexity index is 748. The number of nitrogens with zero attached hydrogens (tertiary/aromatic N) is 2. The fourth-order valence-corrected chi connectivity index (χ4v) is 2.00. The Labute approximate surface area is 122 Å². The zero-order chi connectivity index (χ0) is 14.7. The number of aryl methyl sites for hydroxylation is 1. The first-order valence-corrected chi connectivity index (χ1v) is 6.56. The molecule has 0 spiro atoms. The second-order valence-electron chi connectivity index (χ2n) is 4.64. The summed E-state index contributed by atoms with van der Waals surface area (Å²) in [6.45, 7) is 1.93. The summed E-state index contributed by atoms with van der Waals surface area (Å²) < 4.78 is 0. The number of carbonyl (C=O) groups excluding carboxylic acids is 1. The third kappa shape index (κ3) is 2.81. The van der Waals surface area contributed by atoms with E-state index in [-0.39, 0.29) is 5.91 Å². The predicted octanol–water partition coefficient (Wildman–Crippen LogP) is 3.03. The van der Waals surface area contributed by atoms with Crippen LogP contribution in [0.2, 0.25) is 0 Å². The van der Waals surface area contributed by atoms with Crippen molar-refractivity contribution in [3.8, 4) is 11.3 Å². The molecule has 5 nitrogen and oxygen atoms in total. The minimum absolute atomic E-state index is 0.175. The molecule has 0 aliphatic rings. The highest BCUT2D eigenvalue weighted by molar-refractivity contribution is 6.05. The van der Waals surface area contributed by atoms with Crippen molar-refractivity contribution in [1.82, 2.24) is 15.0 Å². The van der Waals surface area contributed by atoms with Crippen LogP contribution in [0.5, 0.6) is 0 Å². The Morgan fingerprint density at radius 2 is 2.10 bits per heavy atom. The number of anilines is 1. The molecule has 3 rings (SSSR count). The van der Waals surface area contributed by atoms with Crippen molar-refractivity contribution in [2.45, 2.75) is 6.92 Å². The van der Waals surface area contributed by atoms with E-state index in [4.69, 9.17) is 0 Å². The average Bonchev–Trinajstić information content (AvgIpc) is 3.03. The van der Waals surface area contributed by atoms with Crippen LogP contribution in [-0.4, -0.2) is 20.9 Å². The van der Waals surface area contributed by atoms with E-state index in [1.165, 1.54) is 0 Å². The topological polar surface area (TPSA) is 70.7 Å². The van der Waals surface area contributed by atoms with E-state index in [0.717, 1.165) is 11.3 Å². The summed E-state index contributed by atoms with van der Waals surface area (Å²) in [5, 5.41) is 2.88. The van der Waals surface area contributed by atoms with Gasteiger partial charge in [0.25, 0.3) is 5.91 Å². The molecule has 0 bridgehead atoms. The maximum atomic E-state index is 12.1. The molecule has 104 valence electrons. The molecule has 0 aliphatic carbocycles. The van der Waals surface area contributed by atoms with Gasteiger partial charge in [-0.3, -0.25) is 14.8 Å². The Morgan fingerprint density at radius 3 is 2.81 bits per heavy atom. The molecule has 0 fully saturated rings. The fourth-order valence-electron chi connectivity index (χ4n) is 2.00. The summed E-state index contributed by atoms with van der Waals surface area (Å²) in [7, 11) is 0. The van der Waals surface area contributed by atoms with Crippen molar-refractivity contribution in [3.05, 3.63) is 66.4 Å². The van der Waals surface area contributed by atoms with Gasteiger partial charge in [-0.25, -0.2) is 0 Å². The monoisotopic (exact) mass is 278 g/mol. The van der Waals surface area contributed by atoms with Crippen molar-refractivity contribution in [3.63, 3.8) is 0 Å². The minimum Gasteiger partial charge on any atom is -0.367 e. The number of pyridine rings is 2. The highest BCUT2D eigenvalue weighted by Gasteiger charge is 2.11. The molecule has 5 heteroatoms. The van der Waals surface area contributed by atoms with Gasteiger partial charge in [-0.1, -0.05) is 0 Å². The number of aromatic nitrogens is 3. The molecular formula is C16H14N4O. The van der Waals surface area contributed by atoms with Crippen LogP contribution in [-0.2, 0) is 0 Å². The van der Waals surface area contributed by atoms with Gasteiger partial charge in [0.05, 0.1) is 16.9 Å². The van der Waals surface area contributed by atoms with Crippen molar-refractivity contribution in [2.24, 2.45) is 0 Å². The first-order valence-electron chi connectivity index (χ1n) is 6.56. The summed E-state index contributed by atoms with van der Waals surface area (Å²) in [6, 6.07) is 9.20. The highest BCUT2D eigenvalue weighted by Crippen LogP contribution is 2.25. The highest BCUT2D eigenvalue weighted by atomic mass is 16.1. The second-order valence-corrected chi connectivity index (χ2v) is 4.64. The van der Waals surface area contributed by atoms with Crippen LogP contribution in [0.15, 0.2) is 55.1 Å². The zero-order valence-corrected chi connectivity index (χ0v) is 11.5. The zero-order valence-electron chi connectivity index (χ0n) is 11.5. The standard InChI is InChI=1S/C16H14N4O/c1-11-4-5-12(10-19-11)15-14(3-2-7-18-15)20-16(21)13-6-8-17-9-13/h2-10,17H,1H3,(H,20,21). The van der Waals surface area contributed by atoms with E-state index in [1.807, 2.05) is 25.1 Å². The molecule has 0 aliphatic heterocycles. The Hall–Kier alpha value is -2.95. The van der Waals surface area contributed by atoms with Crippen LogP contribution in [0, 0.1) is 6.92 Å². The van der Waals surface area contributed by atoms with E-state index in [0.29, 0.717) is 16.9 Å². The van der Waals surface area contributed by atoms with Gasteiger partial charge < -0.3 is 10.3 Å². The smallest absolute Gasteiger partial charge is 0.257 e. The van der Waals surface area contributed by atoms with Gasteiger partial charge in [-0.2, -0.15) is 0 Å². The van der Waals surface area contributed by atoms with Crippen LogP contribution in [0.3, 0.4) is 0 Å².